The molecule has 0 fully saturated rings. The van der Waals surface area contributed by atoms with Gasteiger partial charge in [0.25, 0.3) is 0 Å². The molecule has 0 aliphatic carbocycles. The summed E-state index contributed by atoms with van der Waals surface area (Å²) in [5, 5.41) is 2.67. The number of hydrogen-bond donors (Lipinski definition) is 1. The minimum Gasteiger partial charge on any atom is -0.464 e. The van der Waals surface area contributed by atoms with Crippen LogP contribution in [0.2, 0.25) is 0 Å². The summed E-state index contributed by atoms with van der Waals surface area (Å²) >= 11 is 0. The number of ether oxygens (including phenoxy) is 2. The molecule has 0 spiro atoms. The number of allylic oxidation sites excluding steroid dienone is 1. The second-order valence-electron chi connectivity index (χ2n) is 7.22. The van der Waals surface area contributed by atoms with E-state index in [2.05, 4.69) is 11.9 Å². The summed E-state index contributed by atoms with van der Waals surface area (Å²) in [5.74, 6) is -0.354. The number of unbranched alkanes of at least 4 members (excludes halogenated alkanes) is 8. The van der Waals surface area contributed by atoms with Crippen molar-refractivity contribution in [2.45, 2.75) is 97.4 Å². The molecule has 0 bridgehead atoms. The standard InChI is InChI=1S/C22H41NO4/c1-5-8-10-11-12-13-14-15-16-18-26-21(24)20(19(4)7-3)23-22(25)27-17-9-6-2/h5,19-20H,1,6-18H2,2-4H3,(H,23,25). The third kappa shape index (κ3) is 14.2. The lowest BCUT2D eigenvalue weighted by atomic mass is 9.99. The van der Waals surface area contributed by atoms with Crippen LogP contribution in [0.3, 0.4) is 0 Å². The van der Waals surface area contributed by atoms with Crippen LogP contribution in [0.1, 0.15) is 91.4 Å². The van der Waals surface area contributed by atoms with E-state index in [4.69, 9.17) is 9.47 Å². The summed E-state index contributed by atoms with van der Waals surface area (Å²) in [6.45, 7) is 10.5. The topological polar surface area (TPSA) is 64.6 Å². The monoisotopic (exact) mass is 383 g/mol. The van der Waals surface area contributed by atoms with Crippen molar-refractivity contribution in [2.24, 2.45) is 5.92 Å². The van der Waals surface area contributed by atoms with Crippen LogP contribution < -0.4 is 5.32 Å². The number of carbonyl (C=O) groups is 2. The van der Waals surface area contributed by atoms with Crippen molar-refractivity contribution in [1.29, 1.82) is 0 Å². The molecule has 0 aliphatic rings. The first-order chi connectivity index (χ1) is 13.1. The van der Waals surface area contributed by atoms with Crippen LogP contribution in [0, 0.1) is 5.92 Å². The van der Waals surface area contributed by atoms with Crippen molar-refractivity contribution < 1.29 is 19.1 Å². The van der Waals surface area contributed by atoms with E-state index in [0.717, 1.165) is 38.5 Å². The molecule has 27 heavy (non-hydrogen) atoms. The van der Waals surface area contributed by atoms with E-state index < -0.39 is 12.1 Å². The highest BCUT2D eigenvalue weighted by molar-refractivity contribution is 5.81. The molecule has 0 saturated heterocycles. The van der Waals surface area contributed by atoms with Gasteiger partial charge in [0.05, 0.1) is 13.2 Å². The molecule has 2 atom stereocenters. The van der Waals surface area contributed by atoms with Gasteiger partial charge in [-0.1, -0.05) is 71.8 Å². The summed E-state index contributed by atoms with van der Waals surface area (Å²) in [6, 6.07) is -0.644. The molecule has 5 nitrogen and oxygen atoms in total. The fourth-order valence-corrected chi connectivity index (χ4v) is 2.68. The Bertz CT molecular complexity index is 398. The molecule has 5 heteroatoms. The Balaban J connectivity index is 3.98. The Labute approximate surface area is 166 Å². The van der Waals surface area contributed by atoms with E-state index in [1.54, 1.807) is 0 Å². The average molecular weight is 384 g/mol. The first-order valence-electron chi connectivity index (χ1n) is 10.8. The van der Waals surface area contributed by atoms with Gasteiger partial charge < -0.3 is 14.8 Å². The summed E-state index contributed by atoms with van der Waals surface area (Å²) in [5.41, 5.74) is 0. The van der Waals surface area contributed by atoms with Crippen molar-refractivity contribution >= 4 is 12.1 Å². The first-order valence-corrected chi connectivity index (χ1v) is 10.8. The molecule has 0 saturated carbocycles. The number of alkyl carbamates (subject to hydrolysis) is 1. The number of esters is 1. The fraction of sp³-hybridized carbons (Fsp3) is 0.818. The van der Waals surface area contributed by atoms with Gasteiger partial charge in [-0.2, -0.15) is 0 Å². The summed E-state index contributed by atoms with van der Waals surface area (Å²) < 4.78 is 10.5. The Morgan fingerprint density at radius 1 is 0.926 bits per heavy atom. The highest BCUT2D eigenvalue weighted by Gasteiger charge is 2.27. The van der Waals surface area contributed by atoms with Crippen LogP contribution in [0.5, 0.6) is 0 Å². The second kappa shape index (κ2) is 17.9. The molecule has 0 aromatic rings. The van der Waals surface area contributed by atoms with Crippen molar-refractivity contribution in [3.05, 3.63) is 12.7 Å². The zero-order valence-corrected chi connectivity index (χ0v) is 17.8. The van der Waals surface area contributed by atoms with Crippen LogP contribution in [0.15, 0.2) is 12.7 Å². The SMILES string of the molecule is C=CCCCCCCCCCOC(=O)C(NC(=O)OCCCC)C(C)CC. The van der Waals surface area contributed by atoms with Gasteiger partial charge in [-0.05, 0) is 31.6 Å². The lowest BCUT2D eigenvalue weighted by Gasteiger charge is -2.22. The third-order valence-electron chi connectivity index (χ3n) is 4.77. The maximum Gasteiger partial charge on any atom is 0.407 e. The number of amides is 1. The summed E-state index contributed by atoms with van der Waals surface area (Å²) in [6.07, 6.45) is 13.2. The minimum absolute atomic E-state index is 0.00629. The van der Waals surface area contributed by atoms with Crippen molar-refractivity contribution in [1.82, 2.24) is 5.32 Å². The fourth-order valence-electron chi connectivity index (χ4n) is 2.68. The molecule has 0 rings (SSSR count). The number of nitrogens with one attached hydrogen (secondary N) is 1. The Kier molecular flexibility index (Phi) is 16.9. The maximum absolute atomic E-state index is 12.3. The maximum atomic E-state index is 12.3. The second-order valence-corrected chi connectivity index (χ2v) is 7.22. The van der Waals surface area contributed by atoms with E-state index in [0.29, 0.717) is 13.2 Å². The lowest BCUT2D eigenvalue weighted by Crippen LogP contribution is -2.46. The molecule has 0 aromatic heterocycles. The molecule has 1 N–H and O–H groups in total. The van der Waals surface area contributed by atoms with Gasteiger partial charge in [0, 0.05) is 0 Å². The van der Waals surface area contributed by atoms with Gasteiger partial charge in [-0.3, -0.25) is 0 Å². The van der Waals surface area contributed by atoms with Crippen molar-refractivity contribution in [2.75, 3.05) is 13.2 Å². The average Bonchev–Trinajstić information content (AvgIpc) is 2.67. The van der Waals surface area contributed by atoms with E-state index in [-0.39, 0.29) is 11.9 Å². The van der Waals surface area contributed by atoms with Gasteiger partial charge in [-0.25, -0.2) is 9.59 Å². The summed E-state index contributed by atoms with van der Waals surface area (Å²) in [7, 11) is 0. The molecule has 0 radical (unpaired) electrons. The molecule has 0 aromatic carbocycles. The van der Waals surface area contributed by atoms with E-state index >= 15 is 0 Å². The predicted molar refractivity (Wildman–Crippen MR) is 111 cm³/mol. The highest BCUT2D eigenvalue weighted by Crippen LogP contribution is 2.12. The minimum atomic E-state index is -0.644. The van der Waals surface area contributed by atoms with E-state index in [1.807, 2.05) is 26.8 Å². The van der Waals surface area contributed by atoms with E-state index in [9.17, 15) is 9.59 Å². The summed E-state index contributed by atoms with van der Waals surface area (Å²) in [4.78, 5) is 24.2. The Morgan fingerprint density at radius 2 is 1.52 bits per heavy atom. The van der Waals surface area contributed by atoms with Gasteiger partial charge in [-0.15, -0.1) is 6.58 Å². The van der Waals surface area contributed by atoms with Crippen LogP contribution in [-0.4, -0.2) is 31.3 Å². The molecular formula is C22H41NO4. The van der Waals surface area contributed by atoms with Gasteiger partial charge in [0.1, 0.15) is 6.04 Å². The zero-order valence-electron chi connectivity index (χ0n) is 17.8. The smallest absolute Gasteiger partial charge is 0.407 e. The number of hydrogen-bond acceptors (Lipinski definition) is 4. The molecule has 0 heterocycles. The van der Waals surface area contributed by atoms with Crippen LogP contribution in [-0.2, 0) is 14.3 Å². The molecule has 158 valence electrons. The Morgan fingerprint density at radius 3 is 2.11 bits per heavy atom. The van der Waals surface area contributed by atoms with Crippen molar-refractivity contribution in [3.63, 3.8) is 0 Å². The van der Waals surface area contributed by atoms with Gasteiger partial charge in [0.2, 0.25) is 0 Å². The first kappa shape index (κ1) is 25.5. The Hall–Kier alpha value is -1.52. The van der Waals surface area contributed by atoms with Gasteiger partial charge in [0.15, 0.2) is 0 Å². The van der Waals surface area contributed by atoms with Crippen LogP contribution >= 0.6 is 0 Å². The molecule has 2 unspecified atom stereocenters. The quantitative estimate of drug-likeness (QED) is 0.196. The zero-order chi connectivity index (χ0) is 20.3. The highest BCUT2D eigenvalue weighted by atomic mass is 16.6. The normalized spacial score (nSPS) is 12.9. The third-order valence-corrected chi connectivity index (χ3v) is 4.77. The largest absolute Gasteiger partial charge is 0.464 e. The van der Waals surface area contributed by atoms with E-state index in [1.165, 1.54) is 32.1 Å². The predicted octanol–water partition coefficient (Wildman–Crippen LogP) is 5.78. The number of carbonyl (C=O) groups excluding carboxylic acids is 2. The van der Waals surface area contributed by atoms with Crippen LogP contribution in [0.4, 0.5) is 4.79 Å². The lowest BCUT2D eigenvalue weighted by molar-refractivity contribution is -0.147. The van der Waals surface area contributed by atoms with Crippen LogP contribution in [0.25, 0.3) is 0 Å². The number of rotatable bonds is 17. The van der Waals surface area contributed by atoms with Gasteiger partial charge >= 0.3 is 12.1 Å². The molecule has 0 aliphatic heterocycles. The van der Waals surface area contributed by atoms with Crippen molar-refractivity contribution in [3.8, 4) is 0 Å². The molecule has 1 amide bonds. The molecular weight excluding hydrogens is 342 g/mol.